The number of nitrogens with zero attached hydrogens (tertiary/aromatic N) is 3. The normalized spacial score (nSPS) is 11.4. The molecule has 0 radical (unpaired) electrons. The van der Waals surface area contributed by atoms with Crippen molar-refractivity contribution >= 4 is 11.8 Å². The number of hydrogen-bond donors (Lipinski definition) is 0. The Hall–Kier alpha value is -3.62. The first-order valence-corrected chi connectivity index (χ1v) is 12.7. The van der Waals surface area contributed by atoms with E-state index < -0.39 is 17.6 Å². The molecule has 3 rings (SSSR count). The minimum atomic E-state index is -4.42. The molecular formula is C29H33F4N3O2. The Kier molecular flexibility index (Phi) is 10.1. The van der Waals surface area contributed by atoms with Crippen molar-refractivity contribution in [2.75, 3.05) is 19.6 Å². The first-order valence-electron chi connectivity index (χ1n) is 12.7. The van der Waals surface area contributed by atoms with Gasteiger partial charge in [-0.1, -0.05) is 31.9 Å². The second-order valence-electron chi connectivity index (χ2n) is 9.17. The van der Waals surface area contributed by atoms with E-state index in [4.69, 9.17) is 0 Å². The number of likely N-dealkylation sites (N-methyl/N-ethyl adjacent to an activating group) is 1. The Labute approximate surface area is 220 Å². The molecule has 5 nitrogen and oxygen atoms in total. The first-order chi connectivity index (χ1) is 18.1. The number of alkyl halides is 3. The van der Waals surface area contributed by atoms with E-state index in [-0.39, 0.29) is 31.4 Å². The molecule has 1 heterocycles. The third kappa shape index (κ3) is 7.94. The van der Waals surface area contributed by atoms with Crippen molar-refractivity contribution < 1.29 is 27.2 Å². The Morgan fingerprint density at radius 1 is 0.921 bits per heavy atom. The Morgan fingerprint density at radius 2 is 1.66 bits per heavy atom. The van der Waals surface area contributed by atoms with Gasteiger partial charge in [-0.15, -0.1) is 0 Å². The van der Waals surface area contributed by atoms with E-state index in [1.165, 1.54) is 35.2 Å². The van der Waals surface area contributed by atoms with Gasteiger partial charge in [0.25, 0.3) is 5.91 Å². The average molecular weight is 532 g/mol. The quantitative estimate of drug-likeness (QED) is 0.201. The average Bonchev–Trinajstić information content (AvgIpc) is 3.32. The first kappa shape index (κ1) is 28.9. The molecule has 38 heavy (non-hydrogen) atoms. The molecule has 1 aromatic heterocycles. The van der Waals surface area contributed by atoms with Crippen LogP contribution in [-0.4, -0.2) is 45.8 Å². The van der Waals surface area contributed by atoms with Gasteiger partial charge in [-0.05, 0) is 67.4 Å². The lowest BCUT2D eigenvalue weighted by atomic mass is 10.1. The highest BCUT2D eigenvalue weighted by molar-refractivity contribution is 5.96. The Bertz CT molecular complexity index is 1210. The number of rotatable bonds is 12. The van der Waals surface area contributed by atoms with Crippen molar-refractivity contribution in [2.24, 2.45) is 0 Å². The van der Waals surface area contributed by atoms with Gasteiger partial charge < -0.3 is 14.4 Å². The lowest BCUT2D eigenvalue weighted by Gasteiger charge is -2.28. The third-order valence-electron chi connectivity index (χ3n) is 6.35. The van der Waals surface area contributed by atoms with Crippen LogP contribution in [0.5, 0.6) is 0 Å². The summed E-state index contributed by atoms with van der Waals surface area (Å²) in [7, 11) is 0. The maximum Gasteiger partial charge on any atom is 0.416 e. The second-order valence-corrected chi connectivity index (χ2v) is 9.17. The monoisotopic (exact) mass is 531 g/mol. The zero-order valence-corrected chi connectivity index (χ0v) is 21.7. The van der Waals surface area contributed by atoms with Crippen LogP contribution in [0.3, 0.4) is 0 Å². The summed E-state index contributed by atoms with van der Waals surface area (Å²) >= 11 is 0. The van der Waals surface area contributed by atoms with Crippen LogP contribution in [0.15, 0.2) is 66.9 Å². The fourth-order valence-electron chi connectivity index (χ4n) is 4.20. The van der Waals surface area contributed by atoms with Gasteiger partial charge >= 0.3 is 6.18 Å². The Balaban J connectivity index is 1.75. The van der Waals surface area contributed by atoms with Crippen molar-refractivity contribution in [3.8, 4) is 0 Å². The summed E-state index contributed by atoms with van der Waals surface area (Å²) in [6.07, 6.45) is 0.0446. The van der Waals surface area contributed by atoms with Crippen LogP contribution in [0.25, 0.3) is 0 Å². The number of amides is 2. The molecule has 0 saturated carbocycles. The number of benzene rings is 2. The fourth-order valence-corrected chi connectivity index (χ4v) is 4.20. The molecule has 0 saturated heterocycles. The lowest BCUT2D eigenvalue weighted by molar-refractivity contribution is -0.137. The van der Waals surface area contributed by atoms with Gasteiger partial charge in [-0.3, -0.25) is 9.59 Å². The molecule has 0 spiro atoms. The molecule has 0 bridgehead atoms. The van der Waals surface area contributed by atoms with Gasteiger partial charge in [0.2, 0.25) is 5.91 Å². The van der Waals surface area contributed by atoms with Crippen LogP contribution >= 0.6 is 0 Å². The summed E-state index contributed by atoms with van der Waals surface area (Å²) in [4.78, 5) is 29.4. The molecule has 9 heteroatoms. The lowest BCUT2D eigenvalue weighted by Crippen LogP contribution is -2.43. The predicted octanol–water partition coefficient (Wildman–Crippen LogP) is 6.38. The van der Waals surface area contributed by atoms with Crippen LogP contribution in [0, 0.1) is 5.82 Å². The fraction of sp³-hybridized carbons (Fsp3) is 0.379. The standard InChI is InChI=1S/C29H33F4N3O2/c1-3-5-6-16-36(27(37)21-34(4-2)28(38)23-12-14-25(30)15-13-23)20-26-11-8-17-35(26)19-22-9-7-10-24(18-22)29(31,32)33/h7-15,17-18H,3-6,16,19-21H2,1-2H3. The Morgan fingerprint density at radius 3 is 2.32 bits per heavy atom. The molecule has 204 valence electrons. The smallest absolute Gasteiger partial charge is 0.345 e. The molecule has 3 aromatic rings. The van der Waals surface area contributed by atoms with Gasteiger partial charge in [0, 0.05) is 37.1 Å². The number of carbonyl (C=O) groups is 2. The number of hydrogen-bond acceptors (Lipinski definition) is 2. The summed E-state index contributed by atoms with van der Waals surface area (Å²) in [5.74, 6) is -1.04. The summed E-state index contributed by atoms with van der Waals surface area (Å²) in [5.41, 5.74) is 0.877. The van der Waals surface area contributed by atoms with Crippen molar-refractivity contribution in [1.29, 1.82) is 0 Å². The van der Waals surface area contributed by atoms with Crippen molar-refractivity contribution in [1.82, 2.24) is 14.4 Å². The van der Waals surface area contributed by atoms with E-state index >= 15 is 0 Å². The minimum absolute atomic E-state index is 0.132. The van der Waals surface area contributed by atoms with Crippen LogP contribution in [0.1, 0.15) is 60.3 Å². The van der Waals surface area contributed by atoms with Crippen LogP contribution in [0.4, 0.5) is 17.6 Å². The SMILES string of the molecule is CCCCCN(Cc1cccn1Cc1cccc(C(F)(F)F)c1)C(=O)CN(CC)C(=O)c1ccc(F)cc1. The molecule has 0 aliphatic heterocycles. The van der Waals surface area contributed by atoms with Gasteiger partial charge in [-0.25, -0.2) is 4.39 Å². The number of carbonyl (C=O) groups excluding carboxylic acids is 2. The topological polar surface area (TPSA) is 45.6 Å². The highest BCUT2D eigenvalue weighted by Gasteiger charge is 2.30. The number of halogens is 4. The summed E-state index contributed by atoms with van der Waals surface area (Å²) in [5, 5.41) is 0. The summed E-state index contributed by atoms with van der Waals surface area (Å²) in [6.45, 7) is 4.99. The van der Waals surface area contributed by atoms with Crippen molar-refractivity contribution in [3.63, 3.8) is 0 Å². The molecule has 2 aromatic carbocycles. The van der Waals surface area contributed by atoms with Crippen molar-refractivity contribution in [2.45, 2.75) is 52.4 Å². The minimum Gasteiger partial charge on any atom is -0.345 e. The van der Waals surface area contributed by atoms with E-state index in [0.717, 1.165) is 37.1 Å². The van der Waals surface area contributed by atoms with E-state index in [1.54, 1.807) is 30.2 Å². The maximum absolute atomic E-state index is 13.4. The van der Waals surface area contributed by atoms with Crippen LogP contribution in [-0.2, 0) is 24.1 Å². The zero-order chi connectivity index (χ0) is 27.7. The molecule has 2 amide bonds. The molecule has 0 unspecified atom stereocenters. The van der Waals surface area contributed by atoms with E-state index in [0.29, 0.717) is 24.2 Å². The third-order valence-corrected chi connectivity index (χ3v) is 6.35. The summed E-state index contributed by atoms with van der Waals surface area (Å²) < 4.78 is 54.6. The molecule has 0 aliphatic rings. The second kappa shape index (κ2) is 13.3. The highest BCUT2D eigenvalue weighted by Crippen LogP contribution is 2.29. The van der Waals surface area contributed by atoms with E-state index in [2.05, 4.69) is 6.92 Å². The van der Waals surface area contributed by atoms with Crippen LogP contribution < -0.4 is 0 Å². The summed E-state index contributed by atoms with van der Waals surface area (Å²) in [6, 6.07) is 14.0. The zero-order valence-electron chi connectivity index (χ0n) is 21.7. The number of unbranched alkanes of at least 4 members (excludes halogenated alkanes) is 2. The molecule has 0 N–H and O–H groups in total. The van der Waals surface area contributed by atoms with Gasteiger partial charge in [0.15, 0.2) is 0 Å². The molecule has 0 aliphatic carbocycles. The largest absolute Gasteiger partial charge is 0.416 e. The van der Waals surface area contributed by atoms with Gasteiger partial charge in [0.1, 0.15) is 12.4 Å². The predicted molar refractivity (Wildman–Crippen MR) is 138 cm³/mol. The van der Waals surface area contributed by atoms with Gasteiger partial charge in [0.05, 0.1) is 12.1 Å². The molecule has 0 atom stereocenters. The van der Waals surface area contributed by atoms with Gasteiger partial charge in [-0.2, -0.15) is 13.2 Å². The highest BCUT2D eigenvalue weighted by atomic mass is 19.4. The molecular weight excluding hydrogens is 498 g/mol. The van der Waals surface area contributed by atoms with Crippen LogP contribution in [0.2, 0.25) is 0 Å². The van der Waals surface area contributed by atoms with Crippen molar-refractivity contribution in [3.05, 3.63) is 95.1 Å². The molecule has 0 fully saturated rings. The van der Waals surface area contributed by atoms with E-state index in [1.807, 2.05) is 10.6 Å². The number of aromatic nitrogens is 1. The van der Waals surface area contributed by atoms with E-state index in [9.17, 15) is 27.2 Å². The maximum atomic E-state index is 13.4.